The number of unbranched alkanes of at least 4 members (excludes halogenated alkanes) is 1. The van der Waals surface area contributed by atoms with E-state index in [0.717, 1.165) is 31.2 Å². The van der Waals surface area contributed by atoms with E-state index in [-0.39, 0.29) is 11.5 Å². The van der Waals surface area contributed by atoms with Crippen molar-refractivity contribution in [3.8, 4) is 0 Å². The van der Waals surface area contributed by atoms with Gasteiger partial charge in [-0.15, -0.1) is 11.3 Å². The average molecular weight is 366 g/mol. The van der Waals surface area contributed by atoms with Gasteiger partial charge in [-0.1, -0.05) is 37.9 Å². The Balaban J connectivity index is 1.74. The van der Waals surface area contributed by atoms with Crippen molar-refractivity contribution in [2.45, 2.75) is 63.2 Å². The van der Waals surface area contributed by atoms with Crippen molar-refractivity contribution in [2.75, 3.05) is 5.75 Å². The van der Waals surface area contributed by atoms with Gasteiger partial charge < -0.3 is 5.32 Å². The molecule has 1 amide bonds. The van der Waals surface area contributed by atoms with Crippen LogP contribution >= 0.6 is 23.1 Å². The Morgan fingerprint density at radius 3 is 3.00 bits per heavy atom. The Bertz CT molecular complexity index is 763. The first-order chi connectivity index (χ1) is 11.7. The predicted octanol–water partition coefficient (Wildman–Crippen LogP) is 3.41. The van der Waals surface area contributed by atoms with Gasteiger partial charge in [0, 0.05) is 12.6 Å². The Morgan fingerprint density at radius 2 is 2.25 bits per heavy atom. The molecule has 2 heterocycles. The number of hydrogen-bond acceptors (Lipinski definition) is 5. The van der Waals surface area contributed by atoms with Crippen LogP contribution < -0.4 is 10.9 Å². The Hall–Kier alpha value is -1.34. The summed E-state index contributed by atoms with van der Waals surface area (Å²) < 4.78 is 2.43. The van der Waals surface area contributed by atoms with Gasteiger partial charge in [-0.05, 0) is 30.7 Å². The fourth-order valence-corrected chi connectivity index (χ4v) is 4.63. The SMILES string of the molecule is CCCCn1c(SCC(=O)NC2CCCC2)nc2ccsc2c1=O. The first-order valence-corrected chi connectivity index (χ1v) is 10.5. The lowest BCUT2D eigenvalue weighted by Gasteiger charge is -2.13. The van der Waals surface area contributed by atoms with Gasteiger partial charge in [0.2, 0.25) is 5.91 Å². The summed E-state index contributed by atoms with van der Waals surface area (Å²) in [5.74, 6) is 0.346. The van der Waals surface area contributed by atoms with E-state index in [2.05, 4.69) is 17.2 Å². The highest BCUT2D eigenvalue weighted by molar-refractivity contribution is 7.99. The van der Waals surface area contributed by atoms with Gasteiger partial charge in [-0.3, -0.25) is 14.2 Å². The molecule has 3 rings (SSSR count). The molecule has 2 aromatic heterocycles. The number of carbonyl (C=O) groups excluding carboxylic acids is 1. The second-order valence-corrected chi connectivity index (χ2v) is 8.04. The van der Waals surface area contributed by atoms with Crippen molar-refractivity contribution in [3.63, 3.8) is 0 Å². The molecule has 0 aromatic carbocycles. The lowest BCUT2D eigenvalue weighted by molar-refractivity contribution is -0.119. The molecular formula is C17H23N3O2S2. The van der Waals surface area contributed by atoms with E-state index >= 15 is 0 Å². The summed E-state index contributed by atoms with van der Waals surface area (Å²) in [5, 5.41) is 5.63. The van der Waals surface area contributed by atoms with Crippen molar-refractivity contribution >= 4 is 39.2 Å². The van der Waals surface area contributed by atoms with E-state index in [1.54, 1.807) is 4.57 Å². The highest BCUT2D eigenvalue weighted by Crippen LogP contribution is 2.22. The third kappa shape index (κ3) is 4.00. The zero-order chi connectivity index (χ0) is 16.9. The van der Waals surface area contributed by atoms with Crippen LogP contribution in [0.15, 0.2) is 21.4 Å². The molecule has 0 radical (unpaired) electrons. The Morgan fingerprint density at radius 1 is 1.46 bits per heavy atom. The van der Waals surface area contributed by atoms with E-state index in [9.17, 15) is 9.59 Å². The summed E-state index contributed by atoms with van der Waals surface area (Å²) in [5.41, 5.74) is 0.749. The monoisotopic (exact) mass is 365 g/mol. The Labute approximate surface area is 149 Å². The van der Waals surface area contributed by atoms with Gasteiger partial charge in [-0.25, -0.2) is 4.98 Å². The van der Waals surface area contributed by atoms with Crippen LogP contribution in [-0.2, 0) is 11.3 Å². The summed E-state index contributed by atoms with van der Waals surface area (Å²) >= 11 is 2.80. The van der Waals surface area contributed by atoms with Crippen LogP contribution in [0.5, 0.6) is 0 Å². The molecule has 2 aromatic rings. The quantitative estimate of drug-likeness (QED) is 0.603. The van der Waals surface area contributed by atoms with E-state index in [1.165, 1.54) is 35.9 Å². The molecule has 0 unspecified atom stereocenters. The normalized spacial score (nSPS) is 15.2. The first-order valence-electron chi connectivity index (χ1n) is 8.59. The summed E-state index contributed by atoms with van der Waals surface area (Å²) in [6.07, 6.45) is 6.50. The lowest BCUT2D eigenvalue weighted by Crippen LogP contribution is -2.34. The standard InChI is InChI=1S/C17H23N3O2S2/c1-2-3-9-20-16(22)15-13(8-10-23-15)19-17(20)24-11-14(21)18-12-6-4-5-7-12/h8,10,12H,2-7,9,11H2,1H3,(H,18,21). The zero-order valence-corrected chi connectivity index (χ0v) is 15.5. The molecular weight excluding hydrogens is 342 g/mol. The second-order valence-electron chi connectivity index (χ2n) is 6.18. The highest BCUT2D eigenvalue weighted by Gasteiger charge is 2.18. The fourth-order valence-electron chi connectivity index (χ4n) is 3.02. The predicted molar refractivity (Wildman–Crippen MR) is 99.9 cm³/mol. The number of hydrogen-bond donors (Lipinski definition) is 1. The first kappa shape index (κ1) is 17.5. The van der Waals surface area contributed by atoms with Crippen molar-refractivity contribution in [1.29, 1.82) is 0 Å². The highest BCUT2D eigenvalue weighted by atomic mass is 32.2. The Kier molecular flexibility index (Phi) is 5.94. The number of carbonyl (C=O) groups is 1. The molecule has 1 saturated carbocycles. The third-order valence-corrected chi connectivity index (χ3v) is 6.19. The lowest BCUT2D eigenvalue weighted by atomic mass is 10.2. The smallest absolute Gasteiger partial charge is 0.272 e. The number of fused-ring (bicyclic) bond motifs is 1. The van der Waals surface area contributed by atoms with Crippen LogP contribution in [0.3, 0.4) is 0 Å². The second kappa shape index (κ2) is 8.16. The minimum atomic E-state index is 0.0159. The van der Waals surface area contributed by atoms with Crippen molar-refractivity contribution in [1.82, 2.24) is 14.9 Å². The van der Waals surface area contributed by atoms with E-state index in [0.29, 0.717) is 28.2 Å². The largest absolute Gasteiger partial charge is 0.353 e. The molecule has 1 aliphatic carbocycles. The number of aromatic nitrogens is 2. The topological polar surface area (TPSA) is 64.0 Å². The van der Waals surface area contributed by atoms with Crippen molar-refractivity contribution in [2.24, 2.45) is 0 Å². The molecule has 0 atom stereocenters. The number of thiophene rings is 1. The number of thioether (sulfide) groups is 1. The third-order valence-electron chi connectivity index (χ3n) is 4.32. The summed E-state index contributed by atoms with van der Waals surface area (Å²) in [6.45, 7) is 2.76. The van der Waals surface area contributed by atoms with Crippen LogP contribution in [0.1, 0.15) is 45.4 Å². The van der Waals surface area contributed by atoms with Crippen LogP contribution in [0.4, 0.5) is 0 Å². The van der Waals surface area contributed by atoms with Gasteiger partial charge in [0.1, 0.15) is 4.70 Å². The number of rotatable bonds is 7. The molecule has 7 heteroatoms. The molecule has 0 spiro atoms. The zero-order valence-electron chi connectivity index (χ0n) is 13.9. The van der Waals surface area contributed by atoms with Crippen molar-refractivity contribution in [3.05, 3.63) is 21.8 Å². The maximum Gasteiger partial charge on any atom is 0.272 e. The molecule has 24 heavy (non-hydrogen) atoms. The molecule has 5 nitrogen and oxygen atoms in total. The van der Waals surface area contributed by atoms with E-state index in [4.69, 9.17) is 0 Å². The maximum atomic E-state index is 12.7. The summed E-state index contributed by atoms with van der Waals surface area (Å²) in [6, 6.07) is 2.20. The molecule has 1 aliphatic rings. The molecule has 130 valence electrons. The van der Waals surface area contributed by atoms with Crippen molar-refractivity contribution < 1.29 is 4.79 Å². The molecule has 1 N–H and O–H groups in total. The number of nitrogens with zero attached hydrogens (tertiary/aromatic N) is 2. The van der Waals surface area contributed by atoms with E-state index in [1.807, 2.05) is 11.4 Å². The van der Waals surface area contributed by atoms with E-state index < -0.39 is 0 Å². The van der Waals surface area contributed by atoms with Crippen LogP contribution in [0.2, 0.25) is 0 Å². The molecule has 0 saturated heterocycles. The maximum absolute atomic E-state index is 12.7. The summed E-state index contributed by atoms with van der Waals surface area (Å²) in [4.78, 5) is 29.4. The number of amides is 1. The summed E-state index contributed by atoms with van der Waals surface area (Å²) in [7, 11) is 0. The van der Waals surface area contributed by atoms with Crippen LogP contribution in [-0.4, -0.2) is 27.3 Å². The van der Waals surface area contributed by atoms with Crippen LogP contribution in [0, 0.1) is 0 Å². The minimum absolute atomic E-state index is 0.0159. The molecule has 1 fully saturated rings. The van der Waals surface area contributed by atoms with Crippen LogP contribution in [0.25, 0.3) is 10.2 Å². The minimum Gasteiger partial charge on any atom is -0.353 e. The van der Waals surface area contributed by atoms with Gasteiger partial charge in [-0.2, -0.15) is 0 Å². The van der Waals surface area contributed by atoms with Gasteiger partial charge in [0.05, 0.1) is 11.3 Å². The van der Waals surface area contributed by atoms with Gasteiger partial charge >= 0.3 is 0 Å². The van der Waals surface area contributed by atoms with Gasteiger partial charge in [0.25, 0.3) is 5.56 Å². The molecule has 0 aliphatic heterocycles. The van der Waals surface area contributed by atoms with Gasteiger partial charge in [0.15, 0.2) is 5.16 Å². The average Bonchev–Trinajstić information content (AvgIpc) is 3.23. The fraction of sp³-hybridized carbons (Fsp3) is 0.588. The number of nitrogens with one attached hydrogen (secondary N) is 1. The molecule has 0 bridgehead atoms.